The van der Waals surface area contributed by atoms with Crippen molar-refractivity contribution in [1.29, 1.82) is 0 Å². The van der Waals surface area contributed by atoms with Crippen molar-refractivity contribution in [3.8, 4) is 0 Å². The van der Waals surface area contributed by atoms with Gasteiger partial charge in [0.15, 0.2) is 0 Å². The summed E-state index contributed by atoms with van der Waals surface area (Å²) in [5.41, 5.74) is 7.16. The van der Waals surface area contributed by atoms with Crippen LogP contribution in [-0.2, 0) is 4.74 Å². The molecule has 0 unspecified atom stereocenters. The minimum Gasteiger partial charge on any atom is -0.461 e. The number of rotatable bonds is 5. The summed E-state index contributed by atoms with van der Waals surface area (Å²) in [4.78, 5) is 16.8. The van der Waals surface area contributed by atoms with Gasteiger partial charge in [-0.1, -0.05) is 17.7 Å². The lowest BCUT2D eigenvalue weighted by molar-refractivity contribution is 0.0531. The maximum atomic E-state index is 11.8. The molecule has 0 radical (unpaired) electrons. The van der Waals surface area contributed by atoms with Gasteiger partial charge in [-0.2, -0.15) is 0 Å². The quantitative estimate of drug-likeness (QED) is 0.520. The molecule has 0 atom stereocenters. The molecule has 0 aliphatic carbocycles. The molecule has 2 aromatic rings. The zero-order valence-corrected chi connectivity index (χ0v) is 12.0. The number of nitrogen functional groups attached to an aromatic ring is 1. The number of benzene rings is 1. The van der Waals surface area contributed by atoms with Gasteiger partial charge >= 0.3 is 5.97 Å². The molecule has 2 rings (SSSR count). The van der Waals surface area contributed by atoms with Gasteiger partial charge in [0.1, 0.15) is 18.0 Å². The normalized spacial score (nSPS) is 10.2. The topological polar surface area (TPSA) is 65.2 Å². The molecule has 4 nitrogen and oxygen atoms in total. The third-order valence-electron chi connectivity index (χ3n) is 2.66. The number of hydrogen-bond acceptors (Lipinski definition) is 5. The second-order valence-electron chi connectivity index (χ2n) is 4.23. The summed E-state index contributed by atoms with van der Waals surface area (Å²) in [6.45, 7) is 2.39. The maximum Gasteiger partial charge on any atom is 0.341 e. The number of ether oxygens (including phenoxy) is 1. The van der Waals surface area contributed by atoms with E-state index in [-0.39, 0.29) is 5.82 Å². The lowest BCUT2D eigenvalue weighted by Gasteiger charge is -2.06. The lowest BCUT2D eigenvalue weighted by Crippen LogP contribution is -2.11. The van der Waals surface area contributed by atoms with Crippen molar-refractivity contribution < 1.29 is 9.53 Å². The first kappa shape index (κ1) is 14.4. The van der Waals surface area contributed by atoms with Crippen molar-refractivity contribution in [2.75, 3.05) is 18.1 Å². The zero-order valence-electron chi connectivity index (χ0n) is 11.2. The monoisotopic (exact) mass is 288 g/mol. The number of hydrogen-bond donors (Lipinski definition) is 1. The van der Waals surface area contributed by atoms with Crippen molar-refractivity contribution >= 4 is 23.5 Å². The number of anilines is 1. The fourth-order valence-electron chi connectivity index (χ4n) is 1.60. The largest absolute Gasteiger partial charge is 0.461 e. The number of nitrogens with two attached hydrogens (primary N) is 1. The molecule has 0 fully saturated rings. The molecular formula is C15H16N2O2S. The van der Waals surface area contributed by atoms with E-state index in [0.29, 0.717) is 17.9 Å². The van der Waals surface area contributed by atoms with Gasteiger partial charge in [-0.25, -0.2) is 9.78 Å². The van der Waals surface area contributed by atoms with Crippen LogP contribution in [0.15, 0.2) is 47.5 Å². The molecule has 0 spiro atoms. The number of esters is 1. The first-order valence-electron chi connectivity index (χ1n) is 6.24. The average Bonchev–Trinajstić information content (AvgIpc) is 2.46. The van der Waals surface area contributed by atoms with Crippen molar-refractivity contribution in [3.63, 3.8) is 0 Å². The lowest BCUT2D eigenvalue weighted by atomic mass is 10.2. The van der Waals surface area contributed by atoms with Crippen LogP contribution < -0.4 is 5.73 Å². The van der Waals surface area contributed by atoms with Crippen molar-refractivity contribution in [1.82, 2.24) is 4.98 Å². The Morgan fingerprint density at radius 1 is 1.30 bits per heavy atom. The Labute approximate surface area is 122 Å². The van der Waals surface area contributed by atoms with Gasteiger partial charge in [-0.3, -0.25) is 0 Å². The Morgan fingerprint density at radius 3 is 2.75 bits per heavy atom. The van der Waals surface area contributed by atoms with Crippen LogP contribution in [0.25, 0.3) is 0 Å². The standard InChI is InChI=1S/C15H16N2O2S/c1-11-4-6-12(7-5-11)20-10-9-19-15(18)13-3-2-8-17-14(13)16/h2-8H,9-10H2,1H3,(H2,16,17). The van der Waals surface area contributed by atoms with E-state index in [1.165, 1.54) is 5.56 Å². The summed E-state index contributed by atoms with van der Waals surface area (Å²) in [5, 5.41) is 0. The molecule has 0 saturated heterocycles. The van der Waals surface area contributed by atoms with Gasteiger partial charge < -0.3 is 10.5 Å². The van der Waals surface area contributed by atoms with E-state index in [1.54, 1.807) is 30.1 Å². The summed E-state index contributed by atoms with van der Waals surface area (Å²) in [6, 6.07) is 11.5. The van der Waals surface area contributed by atoms with E-state index in [2.05, 4.69) is 36.2 Å². The molecule has 2 N–H and O–H groups in total. The molecule has 0 bridgehead atoms. The molecule has 5 heteroatoms. The Morgan fingerprint density at radius 2 is 2.05 bits per heavy atom. The summed E-state index contributed by atoms with van der Waals surface area (Å²) in [7, 11) is 0. The molecule has 1 aromatic carbocycles. The minimum absolute atomic E-state index is 0.198. The zero-order chi connectivity index (χ0) is 14.4. The van der Waals surface area contributed by atoms with Gasteiger partial charge in [0.25, 0.3) is 0 Å². The third kappa shape index (κ3) is 3.99. The highest BCUT2D eigenvalue weighted by atomic mass is 32.2. The Kier molecular flexibility index (Phi) is 5.01. The predicted molar refractivity (Wildman–Crippen MR) is 80.8 cm³/mol. The highest BCUT2D eigenvalue weighted by molar-refractivity contribution is 7.99. The van der Waals surface area contributed by atoms with Crippen LogP contribution in [0.2, 0.25) is 0 Å². The van der Waals surface area contributed by atoms with Crippen LogP contribution in [0.5, 0.6) is 0 Å². The van der Waals surface area contributed by atoms with Crippen LogP contribution in [0.4, 0.5) is 5.82 Å². The van der Waals surface area contributed by atoms with E-state index in [0.717, 1.165) is 4.90 Å². The van der Waals surface area contributed by atoms with Gasteiger partial charge in [0.2, 0.25) is 0 Å². The van der Waals surface area contributed by atoms with Gasteiger partial charge in [-0.05, 0) is 31.2 Å². The van der Waals surface area contributed by atoms with Crippen molar-refractivity contribution in [2.24, 2.45) is 0 Å². The van der Waals surface area contributed by atoms with E-state index >= 15 is 0 Å². The molecule has 20 heavy (non-hydrogen) atoms. The second-order valence-corrected chi connectivity index (χ2v) is 5.40. The number of aryl methyl sites for hydroxylation is 1. The van der Waals surface area contributed by atoms with Crippen LogP contribution in [0, 0.1) is 6.92 Å². The summed E-state index contributed by atoms with van der Waals surface area (Å²) in [5.74, 6) is 0.471. The maximum absolute atomic E-state index is 11.8. The van der Waals surface area contributed by atoms with Crippen molar-refractivity contribution in [2.45, 2.75) is 11.8 Å². The van der Waals surface area contributed by atoms with E-state index < -0.39 is 5.97 Å². The van der Waals surface area contributed by atoms with E-state index in [4.69, 9.17) is 10.5 Å². The van der Waals surface area contributed by atoms with Crippen molar-refractivity contribution in [3.05, 3.63) is 53.7 Å². The Hall–Kier alpha value is -2.01. The first-order chi connectivity index (χ1) is 9.66. The molecule has 104 valence electrons. The minimum atomic E-state index is -0.430. The van der Waals surface area contributed by atoms with Gasteiger partial charge in [0.05, 0.1) is 0 Å². The Balaban J connectivity index is 1.77. The average molecular weight is 288 g/mol. The highest BCUT2D eigenvalue weighted by Gasteiger charge is 2.10. The van der Waals surface area contributed by atoms with Gasteiger partial charge in [0, 0.05) is 16.8 Å². The summed E-state index contributed by atoms with van der Waals surface area (Å²) < 4.78 is 5.17. The fourth-order valence-corrected chi connectivity index (χ4v) is 2.33. The SMILES string of the molecule is Cc1ccc(SCCOC(=O)c2cccnc2N)cc1. The third-order valence-corrected chi connectivity index (χ3v) is 3.64. The Bertz CT molecular complexity index is 585. The van der Waals surface area contributed by atoms with Crippen LogP contribution in [0.3, 0.4) is 0 Å². The number of carbonyl (C=O) groups is 1. The van der Waals surface area contributed by atoms with Crippen LogP contribution >= 0.6 is 11.8 Å². The first-order valence-corrected chi connectivity index (χ1v) is 7.22. The molecule has 0 aliphatic heterocycles. The van der Waals surface area contributed by atoms with E-state index in [1.807, 2.05) is 0 Å². The molecule has 0 saturated carbocycles. The summed E-state index contributed by atoms with van der Waals surface area (Å²) in [6.07, 6.45) is 1.54. The number of aromatic nitrogens is 1. The predicted octanol–water partition coefficient (Wildman–Crippen LogP) is 2.92. The molecule has 0 aliphatic rings. The smallest absolute Gasteiger partial charge is 0.341 e. The van der Waals surface area contributed by atoms with Gasteiger partial charge in [-0.15, -0.1) is 11.8 Å². The number of nitrogens with zero attached hydrogens (tertiary/aromatic N) is 1. The number of thioether (sulfide) groups is 1. The van der Waals surface area contributed by atoms with Crippen LogP contribution in [-0.4, -0.2) is 23.3 Å². The number of carbonyl (C=O) groups excluding carboxylic acids is 1. The molecule has 0 amide bonds. The number of pyridine rings is 1. The molecule has 1 aromatic heterocycles. The summed E-state index contributed by atoms with van der Waals surface area (Å²) >= 11 is 1.65. The molecule has 1 heterocycles. The van der Waals surface area contributed by atoms with E-state index in [9.17, 15) is 4.79 Å². The highest BCUT2D eigenvalue weighted by Crippen LogP contribution is 2.18. The molecular weight excluding hydrogens is 272 g/mol. The fraction of sp³-hybridized carbons (Fsp3) is 0.200. The van der Waals surface area contributed by atoms with Crippen LogP contribution in [0.1, 0.15) is 15.9 Å². The second kappa shape index (κ2) is 6.96.